The van der Waals surface area contributed by atoms with Crippen LogP contribution in [0, 0.1) is 0 Å². The van der Waals surface area contributed by atoms with Crippen molar-refractivity contribution in [2.24, 2.45) is 0 Å². The molecule has 0 fully saturated rings. The molecule has 8 heavy (non-hydrogen) atoms. The summed E-state index contributed by atoms with van der Waals surface area (Å²) in [7, 11) is 0. The van der Waals surface area contributed by atoms with Crippen LogP contribution in [0.5, 0.6) is 0 Å². The summed E-state index contributed by atoms with van der Waals surface area (Å²) in [6, 6.07) is 0. The van der Waals surface area contributed by atoms with E-state index in [-0.39, 0.29) is 24.4 Å². The SMILES string of the molecule is OOP(=S)(S)OO.[Sb]. The van der Waals surface area contributed by atoms with Crippen molar-refractivity contribution in [3.63, 3.8) is 0 Å². The third-order valence-electron chi connectivity index (χ3n) is 0.206. The van der Waals surface area contributed by atoms with Crippen LogP contribution in [0.3, 0.4) is 0 Å². The third-order valence-corrected chi connectivity index (χ3v) is 1.46. The molecule has 2 N–H and O–H groups in total. The largest absolute Gasteiger partial charge is 0.304 e. The van der Waals surface area contributed by atoms with Gasteiger partial charge in [0.05, 0.1) is 0 Å². The first kappa shape index (κ1) is 12.3. The van der Waals surface area contributed by atoms with Gasteiger partial charge in [-0.25, -0.2) is 10.5 Å². The Balaban J connectivity index is 0. The third kappa shape index (κ3) is 5.79. The van der Waals surface area contributed by atoms with E-state index in [1.165, 1.54) is 0 Å². The molecule has 0 amide bonds. The van der Waals surface area contributed by atoms with Gasteiger partial charge in [0.1, 0.15) is 0 Å². The smallest absolute Gasteiger partial charge is 0.244 e. The second-order valence-corrected chi connectivity index (χ2v) is 5.73. The normalized spacial score (nSPS) is 10.4. The second kappa shape index (κ2) is 5.44. The molecule has 0 aromatic rings. The van der Waals surface area contributed by atoms with Crippen LogP contribution in [0.4, 0.5) is 0 Å². The van der Waals surface area contributed by atoms with Crippen LogP contribution in [0.1, 0.15) is 0 Å². The first-order valence-corrected chi connectivity index (χ1v) is 4.90. The fourth-order valence-electron chi connectivity index (χ4n) is 0.0149. The van der Waals surface area contributed by atoms with Crippen molar-refractivity contribution in [1.29, 1.82) is 0 Å². The molecule has 0 aliphatic heterocycles. The van der Waals surface area contributed by atoms with Crippen molar-refractivity contribution in [1.82, 2.24) is 0 Å². The molecule has 0 spiro atoms. The molecule has 0 aliphatic rings. The van der Waals surface area contributed by atoms with E-state index in [1.807, 2.05) is 0 Å². The maximum absolute atomic E-state index is 7.68. The average Bonchev–Trinajstić information content (AvgIpc) is 1.68. The van der Waals surface area contributed by atoms with Crippen LogP contribution >= 0.6 is 17.9 Å². The summed E-state index contributed by atoms with van der Waals surface area (Å²) < 4.78 is 6.81. The minimum Gasteiger partial charge on any atom is -0.244 e. The first-order valence-electron chi connectivity index (χ1n) is 1.11. The zero-order valence-electron chi connectivity index (χ0n) is 3.46. The number of rotatable bonds is 2. The molecule has 3 radical (unpaired) electrons. The topological polar surface area (TPSA) is 58.9 Å². The van der Waals surface area contributed by atoms with Crippen LogP contribution in [-0.2, 0) is 21.2 Å². The summed E-state index contributed by atoms with van der Waals surface area (Å²) in [5.74, 6) is 0. The van der Waals surface area contributed by atoms with Crippen LogP contribution in [0.15, 0.2) is 0 Å². The van der Waals surface area contributed by atoms with Gasteiger partial charge in [0.15, 0.2) is 0 Å². The zero-order valence-corrected chi connectivity index (χ0v) is 8.62. The molecule has 0 heterocycles. The molecule has 0 aromatic carbocycles. The summed E-state index contributed by atoms with van der Waals surface area (Å²) in [5, 5.41) is 15.4. The van der Waals surface area contributed by atoms with Crippen LogP contribution in [0.2, 0.25) is 0 Å². The average molecular weight is 284 g/mol. The minimum absolute atomic E-state index is 0. The fraction of sp³-hybridized carbons (Fsp3) is 0. The Bertz CT molecular complexity index is 86.0. The molecular weight excluding hydrogens is 281 g/mol. The molecule has 0 atom stereocenters. The molecule has 49 valence electrons. The van der Waals surface area contributed by atoms with E-state index >= 15 is 0 Å². The first-order chi connectivity index (χ1) is 3.12. The molecule has 0 unspecified atom stereocenters. The van der Waals surface area contributed by atoms with E-state index in [1.54, 1.807) is 0 Å². The molecule has 0 bridgehead atoms. The van der Waals surface area contributed by atoms with Crippen molar-refractivity contribution in [3.8, 4) is 0 Å². The summed E-state index contributed by atoms with van der Waals surface area (Å²) in [5.41, 5.74) is -3.02. The van der Waals surface area contributed by atoms with Gasteiger partial charge in [0.2, 0.25) is 0 Å². The molecule has 8 heteroatoms. The number of thiol groups is 1. The summed E-state index contributed by atoms with van der Waals surface area (Å²) in [4.78, 5) is 0. The Morgan fingerprint density at radius 1 is 1.38 bits per heavy atom. The molecule has 0 aromatic heterocycles. The Labute approximate surface area is 73.8 Å². The van der Waals surface area contributed by atoms with Gasteiger partial charge >= 0.3 is 5.69 Å². The van der Waals surface area contributed by atoms with Gasteiger partial charge in [-0.1, -0.05) is 12.2 Å². The van der Waals surface area contributed by atoms with Crippen LogP contribution in [0.25, 0.3) is 0 Å². The molecular formula is H3O4PS2Sb. The van der Waals surface area contributed by atoms with Crippen LogP contribution < -0.4 is 0 Å². The maximum atomic E-state index is 7.68. The number of hydrogen-bond donors (Lipinski definition) is 3. The van der Waals surface area contributed by atoms with Gasteiger partial charge in [0, 0.05) is 24.4 Å². The Morgan fingerprint density at radius 2 is 1.62 bits per heavy atom. The van der Waals surface area contributed by atoms with Gasteiger partial charge in [-0.15, -0.1) is 0 Å². The van der Waals surface area contributed by atoms with E-state index in [9.17, 15) is 0 Å². The van der Waals surface area contributed by atoms with E-state index in [4.69, 9.17) is 10.5 Å². The second-order valence-electron chi connectivity index (χ2n) is 0.632. The molecule has 4 nitrogen and oxygen atoms in total. The van der Waals surface area contributed by atoms with Gasteiger partial charge in [-0.05, 0) is 11.8 Å². The quantitative estimate of drug-likeness (QED) is 0.229. The monoisotopic (exact) mass is 283 g/mol. The summed E-state index contributed by atoms with van der Waals surface area (Å²) in [6.07, 6.45) is 0. The predicted molar refractivity (Wildman–Crippen MR) is 36.5 cm³/mol. The molecule has 0 saturated carbocycles. The predicted octanol–water partition coefficient (Wildman–Crippen LogP) is 0.739. The van der Waals surface area contributed by atoms with Gasteiger partial charge < -0.3 is 0 Å². The number of hydrogen-bond acceptors (Lipinski definition) is 5. The van der Waals surface area contributed by atoms with Gasteiger partial charge in [-0.2, -0.15) is 9.35 Å². The molecule has 0 rings (SSSR count). The van der Waals surface area contributed by atoms with Crippen molar-refractivity contribution >= 4 is 54.2 Å². The summed E-state index contributed by atoms with van der Waals surface area (Å²) in [6.45, 7) is 0. The van der Waals surface area contributed by atoms with Crippen molar-refractivity contribution in [2.45, 2.75) is 0 Å². The van der Waals surface area contributed by atoms with E-state index in [0.29, 0.717) is 0 Å². The molecule has 0 aliphatic carbocycles. The van der Waals surface area contributed by atoms with Crippen molar-refractivity contribution in [2.75, 3.05) is 0 Å². The standard InChI is InChI=1S/H3O4PS2.Sb/c1-3-5(6,7)4-2;/h1-2H,(H,6,7);. The van der Waals surface area contributed by atoms with E-state index in [2.05, 4.69) is 33.4 Å². The Morgan fingerprint density at radius 3 is 1.62 bits per heavy atom. The van der Waals surface area contributed by atoms with Crippen LogP contribution in [-0.4, -0.2) is 34.9 Å². The van der Waals surface area contributed by atoms with E-state index < -0.39 is 5.69 Å². The van der Waals surface area contributed by atoms with Gasteiger partial charge in [0.25, 0.3) is 0 Å². The minimum atomic E-state index is -3.02. The zero-order chi connectivity index (χ0) is 5.91. The van der Waals surface area contributed by atoms with Crippen molar-refractivity contribution < 1.29 is 19.9 Å². The fourth-order valence-corrected chi connectivity index (χ4v) is 0.0447. The summed E-state index contributed by atoms with van der Waals surface area (Å²) >= 11 is 7.54. The van der Waals surface area contributed by atoms with Crippen molar-refractivity contribution in [3.05, 3.63) is 0 Å². The Hall–Kier alpha value is 1.66. The van der Waals surface area contributed by atoms with E-state index in [0.717, 1.165) is 0 Å². The van der Waals surface area contributed by atoms with Gasteiger partial charge in [-0.3, -0.25) is 0 Å². The Kier molecular flexibility index (Phi) is 8.40. The molecule has 0 saturated heterocycles. The maximum Gasteiger partial charge on any atom is 0.304 e.